The maximum absolute atomic E-state index is 12.5. The molecule has 2 N–H and O–H groups in total. The lowest BCUT2D eigenvalue weighted by atomic mass is 9.49. The summed E-state index contributed by atoms with van der Waals surface area (Å²) in [6.07, 6.45) is 9.60. The van der Waals surface area contributed by atoms with Crippen molar-refractivity contribution in [3.05, 3.63) is 0 Å². The predicted octanol–water partition coefficient (Wildman–Crippen LogP) is 2.73. The van der Waals surface area contributed by atoms with E-state index in [0.717, 1.165) is 24.2 Å². The van der Waals surface area contributed by atoms with E-state index in [9.17, 15) is 4.79 Å². The standard InChI is InChI=1S/C16H26N2OS/c1-18(3-2-14(17)20)15(19)10-16-7-11-4-12(8-16)6-13(5-11)9-16/h11-13H,2-10H2,1H3,(H2,17,20). The number of carbonyl (C=O) groups excluding carboxylic acids is 1. The molecule has 4 saturated carbocycles. The minimum Gasteiger partial charge on any atom is -0.393 e. The molecule has 0 unspecified atom stereocenters. The van der Waals surface area contributed by atoms with Crippen molar-refractivity contribution < 1.29 is 4.79 Å². The molecule has 0 saturated heterocycles. The number of thiocarbonyl (C=S) groups is 1. The van der Waals surface area contributed by atoms with Crippen molar-refractivity contribution in [2.75, 3.05) is 13.6 Å². The summed E-state index contributed by atoms with van der Waals surface area (Å²) in [5, 5.41) is 0. The zero-order chi connectivity index (χ0) is 14.3. The van der Waals surface area contributed by atoms with Crippen LogP contribution >= 0.6 is 12.2 Å². The summed E-state index contributed by atoms with van der Waals surface area (Å²) in [7, 11) is 1.89. The number of hydrogen-bond acceptors (Lipinski definition) is 2. The maximum atomic E-state index is 12.5. The van der Waals surface area contributed by atoms with E-state index in [1.165, 1.54) is 38.5 Å². The average molecular weight is 294 g/mol. The van der Waals surface area contributed by atoms with Crippen molar-refractivity contribution in [2.24, 2.45) is 28.9 Å². The van der Waals surface area contributed by atoms with Crippen LogP contribution in [0.4, 0.5) is 0 Å². The van der Waals surface area contributed by atoms with Crippen molar-refractivity contribution in [3.8, 4) is 0 Å². The summed E-state index contributed by atoms with van der Waals surface area (Å²) in [6, 6.07) is 0. The van der Waals surface area contributed by atoms with Crippen LogP contribution in [-0.4, -0.2) is 29.4 Å². The maximum Gasteiger partial charge on any atom is 0.222 e. The van der Waals surface area contributed by atoms with Crippen LogP contribution in [0.5, 0.6) is 0 Å². The summed E-state index contributed by atoms with van der Waals surface area (Å²) >= 11 is 4.89. The number of nitrogens with two attached hydrogens (primary N) is 1. The fraction of sp³-hybridized carbons (Fsp3) is 0.875. The Labute approximate surface area is 127 Å². The van der Waals surface area contributed by atoms with Gasteiger partial charge in [0.1, 0.15) is 0 Å². The van der Waals surface area contributed by atoms with Gasteiger partial charge in [-0.25, -0.2) is 0 Å². The Hall–Kier alpha value is -0.640. The topological polar surface area (TPSA) is 46.3 Å². The first kappa shape index (κ1) is 14.3. The Balaban J connectivity index is 1.59. The van der Waals surface area contributed by atoms with Gasteiger partial charge in [0.2, 0.25) is 5.91 Å². The fourth-order valence-electron chi connectivity index (χ4n) is 5.36. The molecule has 0 aliphatic heterocycles. The average Bonchev–Trinajstić information content (AvgIpc) is 2.33. The molecule has 4 fully saturated rings. The Morgan fingerprint density at radius 2 is 1.70 bits per heavy atom. The molecule has 0 aromatic heterocycles. The zero-order valence-electron chi connectivity index (χ0n) is 12.4. The fourth-order valence-corrected chi connectivity index (χ4v) is 5.46. The minimum absolute atomic E-state index is 0.295. The number of amides is 1. The first-order valence-corrected chi connectivity index (χ1v) is 8.39. The molecule has 0 spiro atoms. The number of rotatable bonds is 5. The van der Waals surface area contributed by atoms with E-state index in [2.05, 4.69) is 0 Å². The summed E-state index contributed by atoms with van der Waals surface area (Å²) in [5.41, 5.74) is 5.86. The van der Waals surface area contributed by atoms with Crippen LogP contribution < -0.4 is 5.73 Å². The lowest BCUT2D eigenvalue weighted by Gasteiger charge is -2.56. The van der Waals surface area contributed by atoms with E-state index in [-0.39, 0.29) is 0 Å². The molecule has 0 heterocycles. The van der Waals surface area contributed by atoms with Gasteiger partial charge < -0.3 is 10.6 Å². The third kappa shape index (κ3) is 2.85. The van der Waals surface area contributed by atoms with Gasteiger partial charge in [-0.2, -0.15) is 0 Å². The monoisotopic (exact) mass is 294 g/mol. The molecular weight excluding hydrogens is 268 g/mol. The second kappa shape index (κ2) is 5.28. The number of carbonyl (C=O) groups is 1. The normalized spacial score (nSPS) is 38.0. The Kier molecular flexibility index (Phi) is 3.78. The van der Waals surface area contributed by atoms with Crippen LogP contribution in [-0.2, 0) is 4.79 Å². The predicted molar refractivity (Wildman–Crippen MR) is 84.3 cm³/mol. The molecule has 20 heavy (non-hydrogen) atoms. The lowest BCUT2D eigenvalue weighted by Crippen LogP contribution is -2.48. The molecule has 3 nitrogen and oxygen atoms in total. The largest absolute Gasteiger partial charge is 0.393 e. The van der Waals surface area contributed by atoms with Gasteiger partial charge in [0.25, 0.3) is 0 Å². The summed E-state index contributed by atoms with van der Waals surface area (Å²) in [6.45, 7) is 0.667. The summed E-state index contributed by atoms with van der Waals surface area (Å²) < 4.78 is 0. The molecule has 4 bridgehead atoms. The molecule has 0 atom stereocenters. The second-order valence-electron chi connectivity index (χ2n) is 7.63. The molecule has 1 amide bonds. The van der Waals surface area contributed by atoms with Crippen molar-refractivity contribution in [1.29, 1.82) is 0 Å². The van der Waals surface area contributed by atoms with E-state index in [0.29, 0.717) is 29.3 Å². The molecule has 0 aromatic carbocycles. The van der Waals surface area contributed by atoms with Gasteiger partial charge in [0, 0.05) is 26.4 Å². The van der Waals surface area contributed by atoms with Crippen molar-refractivity contribution in [1.82, 2.24) is 4.90 Å². The molecule has 4 heteroatoms. The van der Waals surface area contributed by atoms with E-state index in [4.69, 9.17) is 18.0 Å². The van der Waals surface area contributed by atoms with E-state index in [1.54, 1.807) is 0 Å². The second-order valence-corrected chi connectivity index (χ2v) is 8.15. The SMILES string of the molecule is CN(CCC(N)=S)C(=O)CC12CC3CC(CC(C3)C1)C2. The van der Waals surface area contributed by atoms with E-state index in [1.807, 2.05) is 11.9 Å². The van der Waals surface area contributed by atoms with Gasteiger partial charge in [0.05, 0.1) is 4.99 Å². The number of hydrogen-bond donors (Lipinski definition) is 1. The zero-order valence-corrected chi connectivity index (χ0v) is 13.3. The van der Waals surface area contributed by atoms with Gasteiger partial charge in [0.15, 0.2) is 0 Å². The summed E-state index contributed by atoms with van der Waals surface area (Å²) in [5.74, 6) is 3.03. The third-order valence-electron chi connectivity index (χ3n) is 5.81. The van der Waals surface area contributed by atoms with Gasteiger partial charge in [-0.3, -0.25) is 4.79 Å². The molecule has 4 rings (SSSR count). The molecule has 4 aliphatic carbocycles. The highest BCUT2D eigenvalue weighted by Gasteiger charge is 2.51. The Morgan fingerprint density at radius 3 is 2.15 bits per heavy atom. The molecule has 0 radical (unpaired) electrons. The van der Waals surface area contributed by atoms with Gasteiger partial charge in [-0.05, 0) is 61.7 Å². The quantitative estimate of drug-likeness (QED) is 0.793. The number of nitrogens with zero attached hydrogens (tertiary/aromatic N) is 1. The minimum atomic E-state index is 0.295. The van der Waals surface area contributed by atoms with Crippen LogP contribution in [0.2, 0.25) is 0 Å². The highest BCUT2D eigenvalue weighted by molar-refractivity contribution is 7.80. The van der Waals surface area contributed by atoms with Crippen LogP contribution in [0.1, 0.15) is 51.4 Å². The summed E-state index contributed by atoms with van der Waals surface area (Å²) in [4.78, 5) is 14.8. The highest BCUT2D eigenvalue weighted by Crippen LogP contribution is 2.61. The van der Waals surface area contributed by atoms with Crippen LogP contribution in [0.3, 0.4) is 0 Å². The van der Waals surface area contributed by atoms with Crippen LogP contribution in [0.15, 0.2) is 0 Å². The van der Waals surface area contributed by atoms with Gasteiger partial charge in [-0.1, -0.05) is 12.2 Å². The van der Waals surface area contributed by atoms with Crippen LogP contribution in [0.25, 0.3) is 0 Å². The highest BCUT2D eigenvalue weighted by atomic mass is 32.1. The first-order chi connectivity index (χ1) is 9.46. The third-order valence-corrected chi connectivity index (χ3v) is 6.01. The molecular formula is C16H26N2OS. The van der Waals surface area contributed by atoms with E-state index >= 15 is 0 Å². The molecule has 0 aromatic rings. The van der Waals surface area contributed by atoms with Crippen molar-refractivity contribution >= 4 is 23.1 Å². The molecule has 4 aliphatic rings. The molecule has 112 valence electrons. The lowest BCUT2D eigenvalue weighted by molar-refractivity contribution is -0.138. The van der Waals surface area contributed by atoms with Gasteiger partial charge >= 0.3 is 0 Å². The smallest absolute Gasteiger partial charge is 0.222 e. The van der Waals surface area contributed by atoms with Crippen molar-refractivity contribution in [2.45, 2.75) is 51.4 Å². The Bertz CT molecular complexity index is 385. The van der Waals surface area contributed by atoms with Crippen LogP contribution in [0, 0.1) is 23.2 Å². The van der Waals surface area contributed by atoms with Crippen molar-refractivity contribution in [3.63, 3.8) is 0 Å². The van der Waals surface area contributed by atoms with E-state index < -0.39 is 0 Å². The Morgan fingerprint density at radius 1 is 1.20 bits per heavy atom. The van der Waals surface area contributed by atoms with Gasteiger partial charge in [-0.15, -0.1) is 0 Å². The first-order valence-electron chi connectivity index (χ1n) is 7.98.